The zero-order chi connectivity index (χ0) is 13.8. The maximum absolute atomic E-state index is 13.6. The van der Waals surface area contributed by atoms with Gasteiger partial charge in [0.05, 0.1) is 6.04 Å². The Morgan fingerprint density at radius 2 is 1.89 bits per heavy atom. The van der Waals surface area contributed by atoms with E-state index >= 15 is 0 Å². The average molecular weight is 279 g/mol. The molecule has 0 aliphatic rings. The van der Waals surface area contributed by atoms with Crippen molar-refractivity contribution in [2.45, 2.75) is 19.4 Å². The second-order valence-corrected chi connectivity index (χ2v) is 4.99. The van der Waals surface area contributed by atoms with Crippen molar-refractivity contribution in [3.8, 4) is 0 Å². The fraction of sp³-hybridized carbons (Fsp3) is 0.200. The first-order chi connectivity index (χ1) is 9.10. The Hall–Kier alpha value is -1.42. The van der Waals surface area contributed by atoms with Crippen LogP contribution in [-0.4, -0.2) is 0 Å². The van der Waals surface area contributed by atoms with Crippen molar-refractivity contribution in [3.63, 3.8) is 0 Å². The Labute approximate surface area is 117 Å². The van der Waals surface area contributed by atoms with Crippen LogP contribution >= 0.6 is 11.6 Å². The van der Waals surface area contributed by atoms with E-state index in [1.807, 2.05) is 30.3 Å². The maximum Gasteiger partial charge on any atom is 0.126 e. The summed E-state index contributed by atoms with van der Waals surface area (Å²) in [7, 11) is 0. The molecule has 2 rings (SSSR count). The third kappa shape index (κ3) is 3.53. The number of nitrogens with two attached hydrogens (primary N) is 1. The summed E-state index contributed by atoms with van der Waals surface area (Å²) >= 11 is 5.85. The molecule has 0 radical (unpaired) electrons. The van der Waals surface area contributed by atoms with E-state index in [-0.39, 0.29) is 11.9 Å². The van der Waals surface area contributed by atoms with Gasteiger partial charge in [0.15, 0.2) is 0 Å². The van der Waals surface area contributed by atoms with Crippen molar-refractivity contribution in [3.05, 3.63) is 70.0 Å². The summed E-state index contributed by atoms with van der Waals surface area (Å²) in [4.78, 5) is 0. The number of benzene rings is 2. The summed E-state index contributed by atoms with van der Waals surface area (Å²) in [6, 6.07) is 12.6. The average Bonchev–Trinajstić information content (AvgIpc) is 2.41. The first kappa shape index (κ1) is 14.0. The Bertz CT molecular complexity index is 555. The molecule has 0 heterocycles. The predicted molar refractivity (Wildman–Crippen MR) is 76.4 cm³/mol. The normalized spacial score (nSPS) is 12.4. The Morgan fingerprint density at radius 1 is 1.21 bits per heavy atom. The van der Waals surface area contributed by atoms with Crippen LogP contribution in [0.2, 0.25) is 5.02 Å². The summed E-state index contributed by atoms with van der Waals surface area (Å²) < 4.78 is 13.6. The zero-order valence-corrected chi connectivity index (χ0v) is 11.4. The van der Waals surface area contributed by atoms with Crippen molar-refractivity contribution in [1.82, 2.24) is 5.43 Å². The summed E-state index contributed by atoms with van der Waals surface area (Å²) in [6.07, 6.45) is 0.677. The van der Waals surface area contributed by atoms with E-state index in [1.54, 1.807) is 13.0 Å². The summed E-state index contributed by atoms with van der Waals surface area (Å²) in [5.41, 5.74) is 5.28. The van der Waals surface area contributed by atoms with E-state index < -0.39 is 0 Å². The van der Waals surface area contributed by atoms with E-state index in [0.29, 0.717) is 17.0 Å². The first-order valence-electron chi connectivity index (χ1n) is 6.07. The molecule has 0 aliphatic heterocycles. The minimum Gasteiger partial charge on any atom is -0.271 e. The first-order valence-corrected chi connectivity index (χ1v) is 6.44. The van der Waals surface area contributed by atoms with E-state index in [9.17, 15) is 4.39 Å². The lowest BCUT2D eigenvalue weighted by Gasteiger charge is -2.17. The summed E-state index contributed by atoms with van der Waals surface area (Å²) in [5.74, 6) is 5.36. The topological polar surface area (TPSA) is 38.0 Å². The van der Waals surface area contributed by atoms with Crippen LogP contribution in [0.5, 0.6) is 0 Å². The smallest absolute Gasteiger partial charge is 0.126 e. The monoisotopic (exact) mass is 278 g/mol. The molecular formula is C15H16ClFN2. The number of halogens is 2. The summed E-state index contributed by atoms with van der Waals surface area (Å²) in [5, 5.41) is 0.697. The van der Waals surface area contributed by atoms with Crippen LogP contribution < -0.4 is 11.3 Å². The van der Waals surface area contributed by atoms with Gasteiger partial charge in [0.25, 0.3) is 0 Å². The molecule has 100 valence electrons. The van der Waals surface area contributed by atoms with Gasteiger partial charge >= 0.3 is 0 Å². The lowest BCUT2D eigenvalue weighted by molar-refractivity contribution is 0.543. The molecule has 3 N–H and O–H groups in total. The lowest BCUT2D eigenvalue weighted by Crippen LogP contribution is -2.29. The van der Waals surface area contributed by atoms with Crippen molar-refractivity contribution in [1.29, 1.82) is 0 Å². The predicted octanol–water partition coefficient (Wildman–Crippen LogP) is 3.53. The molecule has 0 bridgehead atoms. The molecule has 0 saturated carbocycles. The van der Waals surface area contributed by atoms with Gasteiger partial charge in [-0.25, -0.2) is 4.39 Å². The fourth-order valence-electron chi connectivity index (χ4n) is 1.96. The van der Waals surface area contributed by atoms with Gasteiger partial charge in [0.1, 0.15) is 5.82 Å². The number of hydrazine groups is 1. The molecular weight excluding hydrogens is 263 g/mol. The molecule has 2 aromatic carbocycles. The van der Waals surface area contributed by atoms with Crippen LogP contribution in [0, 0.1) is 12.7 Å². The molecule has 2 nitrogen and oxygen atoms in total. The number of aryl methyl sites for hydroxylation is 1. The number of nitrogens with one attached hydrogen (secondary N) is 1. The quantitative estimate of drug-likeness (QED) is 0.663. The van der Waals surface area contributed by atoms with Crippen molar-refractivity contribution in [2.75, 3.05) is 0 Å². The molecule has 0 aliphatic carbocycles. The van der Waals surface area contributed by atoms with Crippen molar-refractivity contribution < 1.29 is 4.39 Å². The highest BCUT2D eigenvalue weighted by molar-refractivity contribution is 6.30. The van der Waals surface area contributed by atoms with Gasteiger partial charge in [-0.1, -0.05) is 35.9 Å². The van der Waals surface area contributed by atoms with Crippen LogP contribution in [0.25, 0.3) is 0 Å². The van der Waals surface area contributed by atoms with Gasteiger partial charge in [0, 0.05) is 5.02 Å². The highest BCUT2D eigenvalue weighted by Gasteiger charge is 2.12. The highest BCUT2D eigenvalue weighted by atomic mass is 35.5. The van der Waals surface area contributed by atoms with Gasteiger partial charge in [-0.3, -0.25) is 11.3 Å². The summed E-state index contributed by atoms with van der Waals surface area (Å²) in [6.45, 7) is 1.74. The molecule has 0 fully saturated rings. The van der Waals surface area contributed by atoms with Gasteiger partial charge in [-0.2, -0.15) is 0 Å². The number of rotatable bonds is 4. The van der Waals surface area contributed by atoms with E-state index in [2.05, 4.69) is 5.43 Å². The molecule has 1 unspecified atom stereocenters. The van der Waals surface area contributed by atoms with Gasteiger partial charge in [0.2, 0.25) is 0 Å². The fourth-order valence-corrected chi connectivity index (χ4v) is 2.08. The molecule has 0 saturated heterocycles. The molecule has 2 aromatic rings. The Kier molecular flexibility index (Phi) is 4.53. The molecule has 1 atom stereocenters. The third-order valence-electron chi connectivity index (χ3n) is 3.15. The molecule has 0 spiro atoms. The zero-order valence-electron chi connectivity index (χ0n) is 10.7. The van der Waals surface area contributed by atoms with Gasteiger partial charge in [-0.05, 0) is 48.2 Å². The van der Waals surface area contributed by atoms with E-state index in [4.69, 9.17) is 17.4 Å². The maximum atomic E-state index is 13.6. The van der Waals surface area contributed by atoms with Crippen LogP contribution in [0.3, 0.4) is 0 Å². The molecule has 4 heteroatoms. The minimum atomic E-state index is -0.214. The van der Waals surface area contributed by atoms with Crippen LogP contribution in [0.1, 0.15) is 22.7 Å². The second-order valence-electron chi connectivity index (χ2n) is 4.56. The van der Waals surface area contributed by atoms with E-state index in [0.717, 1.165) is 11.1 Å². The molecule has 0 aromatic heterocycles. The Balaban J connectivity index is 2.19. The van der Waals surface area contributed by atoms with Crippen molar-refractivity contribution >= 4 is 11.6 Å². The minimum absolute atomic E-state index is 0.128. The van der Waals surface area contributed by atoms with Crippen molar-refractivity contribution in [2.24, 2.45) is 5.84 Å². The van der Waals surface area contributed by atoms with Gasteiger partial charge in [-0.15, -0.1) is 0 Å². The number of hydrogen-bond acceptors (Lipinski definition) is 2. The third-order valence-corrected chi connectivity index (χ3v) is 3.40. The van der Waals surface area contributed by atoms with Crippen LogP contribution in [-0.2, 0) is 6.42 Å². The second kappa shape index (κ2) is 6.15. The van der Waals surface area contributed by atoms with Crippen LogP contribution in [0.4, 0.5) is 4.39 Å². The number of hydrogen-bond donors (Lipinski definition) is 2. The van der Waals surface area contributed by atoms with Crippen LogP contribution in [0.15, 0.2) is 42.5 Å². The Morgan fingerprint density at radius 3 is 2.47 bits per heavy atom. The molecule has 0 amide bonds. The van der Waals surface area contributed by atoms with E-state index in [1.165, 1.54) is 6.07 Å². The molecule has 19 heavy (non-hydrogen) atoms. The largest absolute Gasteiger partial charge is 0.271 e. The standard InChI is InChI=1S/C15H16ClFN2/c1-10-2-5-12(9-14(10)17)15(19-18)8-11-3-6-13(16)7-4-11/h2-7,9,15,19H,8,18H2,1H3. The highest BCUT2D eigenvalue weighted by Crippen LogP contribution is 2.21. The van der Waals surface area contributed by atoms with Gasteiger partial charge < -0.3 is 0 Å². The lowest BCUT2D eigenvalue weighted by atomic mass is 9.98. The SMILES string of the molecule is Cc1ccc(C(Cc2ccc(Cl)cc2)NN)cc1F.